The molecule has 0 heterocycles. The summed E-state index contributed by atoms with van der Waals surface area (Å²) >= 11 is -19.7. The van der Waals surface area contributed by atoms with E-state index in [9.17, 15) is 74.7 Å². The van der Waals surface area contributed by atoms with Gasteiger partial charge in [0.1, 0.15) is 0 Å². The van der Waals surface area contributed by atoms with Gasteiger partial charge < -0.3 is 13.4 Å². The van der Waals surface area contributed by atoms with E-state index >= 15 is 0 Å². The Bertz CT molecular complexity index is 1540. The molecule has 0 saturated heterocycles. The minimum Gasteiger partial charge on any atom is 6.00 e. The van der Waals surface area contributed by atoms with Crippen molar-refractivity contribution in [3.05, 3.63) is 0 Å². The molecule has 0 aliphatic heterocycles. The van der Waals surface area contributed by atoms with Gasteiger partial charge in [-0.25, -0.2) is 0 Å². The molecule has 79 heavy (non-hydrogen) atoms. The van der Waals surface area contributed by atoms with Gasteiger partial charge in [-0.1, -0.05) is 160 Å². The normalized spacial score (nSPS) is 12.4. The Kier molecular flexibility index (Phi) is 65.7. The first-order valence-corrected chi connectivity index (χ1v) is 47.2. The number of phosphoric acid groups is 3. The van der Waals surface area contributed by atoms with E-state index in [0.29, 0.717) is 0 Å². The zero-order chi connectivity index (χ0) is 62.1. The van der Waals surface area contributed by atoms with Crippen LogP contribution in [0.4, 0.5) is 0 Å². The number of hydrogen-bond acceptors (Lipinski definition) is 21. The molecule has 480 valence electrons. The topological polar surface area (TPSA) is 389 Å². The molecule has 0 aromatic heterocycles. The molecule has 24 nitrogen and oxygen atoms in total. The first-order valence-electron chi connectivity index (χ1n) is 28.5. The fraction of sp³-hybridized carbons (Fsp3) is 1.00. The van der Waals surface area contributed by atoms with E-state index in [4.69, 9.17) is 0 Å². The van der Waals surface area contributed by atoms with Crippen molar-refractivity contribution >= 4 is 23.5 Å². The van der Waals surface area contributed by atoms with E-state index in [2.05, 4.69) is 92.6 Å². The fourth-order valence-corrected chi connectivity index (χ4v) is 16.2. The van der Waals surface area contributed by atoms with Crippen molar-refractivity contribution in [2.45, 2.75) is 237 Å². The van der Waals surface area contributed by atoms with Crippen LogP contribution in [0.1, 0.15) is 237 Å². The Hall–Kier alpha value is 1.64. The number of unbranched alkanes of at least 4 members (excludes halogenated alkanes) is 12. The van der Waals surface area contributed by atoms with Gasteiger partial charge in [0.15, 0.2) is 0 Å². The molecule has 0 bridgehead atoms. The fourth-order valence-electron chi connectivity index (χ4n) is 8.27. The molecule has 0 aromatic carbocycles. The molecule has 0 radical (unpaired) electrons. The van der Waals surface area contributed by atoms with E-state index in [-0.39, 0.29) is 21.1 Å². The summed E-state index contributed by atoms with van der Waals surface area (Å²) in [5.74, 6) is 0. The van der Waals surface area contributed by atoms with Crippen molar-refractivity contribution in [1.82, 2.24) is 0 Å². The molecule has 0 unspecified atom stereocenters. The van der Waals surface area contributed by atoms with E-state index in [0.717, 1.165) is 0 Å². The molecule has 0 aromatic rings. The van der Waals surface area contributed by atoms with Gasteiger partial charge in [-0.2, -0.15) is 0 Å². The molecular weight excluding hydrogens is 1690 g/mol. The van der Waals surface area contributed by atoms with Crippen LogP contribution in [-0.4, -0.2) is 92.0 Å². The first-order chi connectivity index (χ1) is 35.8. The van der Waals surface area contributed by atoms with Crippen LogP contribution in [0.25, 0.3) is 0 Å². The standard InChI is InChI=1S/3C16H36N.Mo.3H3O4P.9O.3W/c3*1-5-9-13-17(14-10-6-2,15-11-7-3)16-12-8-4;;3*1-5(2,3)4;;;;;;;;;;;;/h3*5-16H2,1-4H3;;3*(H3,1,2,3,4);;;;;;;;;;;;/q3*+1;+6;;;;;;;;;;3*-1;3*+1/p-9. The Morgan fingerprint density at radius 3 is 0.392 bits per heavy atom. The average Bonchev–Trinajstić information content (AvgIpc) is 3.30. The van der Waals surface area contributed by atoms with Crippen molar-refractivity contribution in [2.75, 3.05) is 78.5 Å². The smallest absolute Gasteiger partial charge is 6.00 e. The van der Waals surface area contributed by atoms with Crippen molar-refractivity contribution in [1.29, 1.82) is 0 Å². The molecular formula is C48H108MoN3O21P3W3. The molecule has 0 aliphatic carbocycles. The maximum atomic E-state index is 9.42. The molecule has 0 spiro atoms. The molecule has 0 aliphatic rings. The summed E-state index contributed by atoms with van der Waals surface area (Å²) in [6.45, 7) is 45.1. The first kappa shape index (κ1) is 94.3. The molecule has 0 amide bonds. The van der Waals surface area contributed by atoms with Gasteiger partial charge in [0, 0.05) is 0 Å². The van der Waals surface area contributed by atoms with Crippen LogP contribution in [0.15, 0.2) is 0 Å². The van der Waals surface area contributed by atoms with Crippen molar-refractivity contribution in [2.24, 2.45) is 0 Å². The number of quaternary nitrogens is 3. The van der Waals surface area contributed by atoms with Crippen molar-refractivity contribution in [3.63, 3.8) is 0 Å². The third-order valence-electron chi connectivity index (χ3n) is 12.4. The largest absolute Gasteiger partial charge is 6.00 e. The van der Waals surface area contributed by atoms with Crippen LogP contribution in [0.3, 0.4) is 0 Å². The van der Waals surface area contributed by atoms with Crippen LogP contribution >= 0.6 is 23.5 Å². The summed E-state index contributed by atoms with van der Waals surface area (Å²) in [6.07, 6.45) is 33.2. The van der Waals surface area contributed by atoms with Gasteiger partial charge in [-0.3, -0.25) is 0 Å². The van der Waals surface area contributed by atoms with Gasteiger partial charge >= 0.3 is 179 Å². The number of rotatable bonds is 42. The Morgan fingerprint density at radius 1 is 0.266 bits per heavy atom. The number of nitrogens with zero attached hydrogens (tertiary/aromatic N) is 3. The maximum Gasteiger partial charge on any atom is 6.00 e. The zero-order valence-corrected chi connectivity index (χ0v) is 63.8. The van der Waals surface area contributed by atoms with Gasteiger partial charge in [0.25, 0.3) is 0 Å². The number of hydrogen-bond donors (Lipinski definition) is 0. The molecule has 0 fully saturated rings. The second kappa shape index (κ2) is 55.0. The zero-order valence-electron chi connectivity index (χ0n) is 50.3. The molecule has 0 N–H and O–H groups in total. The van der Waals surface area contributed by atoms with E-state index in [1.54, 1.807) is 0 Å². The summed E-state index contributed by atoms with van der Waals surface area (Å²) < 4.78 is 125. The third kappa shape index (κ3) is 75.7. The SMILES string of the molecule is CCCC[N+](CCCC)(CCCC)CCCC.CCCC[N+](CCCC)(CCCC)CCCC.CCCC[N+](CCCC)(CCCC)CCCC.O=P([O-])([O-])[O][W](=[O])(=[O])[O-].O=P([O-])([O-])[O][W](=[O])(=[O])[O-].O=P([O-])([O-])[O][W](=[O])(=[O])[O-].[Mo+6]. The quantitative estimate of drug-likeness (QED) is 0.0407. The van der Waals surface area contributed by atoms with Crippen LogP contribution in [0.2, 0.25) is 0 Å². The van der Waals surface area contributed by atoms with Crippen LogP contribution in [0.5, 0.6) is 0 Å². The Morgan fingerprint density at radius 2 is 0.354 bits per heavy atom. The van der Waals surface area contributed by atoms with Crippen molar-refractivity contribution < 1.29 is 169 Å². The molecule has 31 heteroatoms. The van der Waals surface area contributed by atoms with Gasteiger partial charge in [-0.15, -0.1) is 0 Å². The van der Waals surface area contributed by atoms with Crippen molar-refractivity contribution in [3.8, 4) is 0 Å². The Balaban J connectivity index is -0.000000161. The molecule has 0 atom stereocenters. The minimum absolute atomic E-state index is 0. The molecule has 0 saturated carbocycles. The predicted octanol–water partition coefficient (Wildman–Crippen LogP) is 5.61. The van der Waals surface area contributed by atoms with Gasteiger partial charge in [0.05, 0.1) is 78.5 Å². The van der Waals surface area contributed by atoms with E-state index in [1.165, 1.54) is 246 Å². The summed E-state index contributed by atoms with van der Waals surface area (Å²) in [6, 6.07) is 0. The van der Waals surface area contributed by atoms with E-state index in [1.807, 2.05) is 0 Å². The molecule has 0 rings (SSSR count). The van der Waals surface area contributed by atoms with Crippen LogP contribution in [-0.2, 0) is 115 Å². The van der Waals surface area contributed by atoms with Crippen LogP contribution in [0, 0.1) is 0 Å². The summed E-state index contributed by atoms with van der Waals surface area (Å²) in [7, 11) is -16.9. The monoisotopic (exact) mass is 1810 g/mol. The van der Waals surface area contributed by atoms with Gasteiger partial charge in [-0.05, 0) is 77.0 Å². The predicted molar refractivity (Wildman–Crippen MR) is 268 cm³/mol. The third-order valence-corrected chi connectivity index (χ3v) is 25.3. The van der Waals surface area contributed by atoms with E-state index < -0.39 is 73.7 Å². The van der Waals surface area contributed by atoms with Crippen LogP contribution < -0.4 is 40.6 Å². The van der Waals surface area contributed by atoms with Gasteiger partial charge in [0.2, 0.25) is 0 Å². The second-order valence-corrected chi connectivity index (χ2v) is 36.5. The average molecular weight is 1800 g/mol. The minimum atomic E-state index is -6.57. The maximum absolute atomic E-state index is 9.42. The summed E-state index contributed by atoms with van der Waals surface area (Å²) in [5, 5.41) is 0. The Labute approximate surface area is 504 Å². The second-order valence-electron chi connectivity index (χ2n) is 19.7. The summed E-state index contributed by atoms with van der Waals surface area (Å²) in [4.78, 5) is 56.1. The summed E-state index contributed by atoms with van der Waals surface area (Å²) in [5.41, 5.74) is 0.